The summed E-state index contributed by atoms with van der Waals surface area (Å²) in [7, 11) is -3.53. The molecule has 0 spiro atoms. The fourth-order valence-corrected chi connectivity index (χ4v) is 2.86. The van der Waals surface area contributed by atoms with Crippen molar-refractivity contribution in [3.05, 3.63) is 52.4 Å². The van der Waals surface area contributed by atoms with Crippen molar-refractivity contribution < 1.29 is 12.8 Å². The first-order valence-corrected chi connectivity index (χ1v) is 7.56. The van der Waals surface area contributed by atoms with Crippen molar-refractivity contribution in [3.8, 4) is 0 Å². The summed E-state index contributed by atoms with van der Waals surface area (Å²) in [4.78, 5) is 0.190. The van der Waals surface area contributed by atoms with Gasteiger partial charge in [-0.05, 0) is 44.2 Å². The Morgan fingerprint density at radius 1 is 1.21 bits per heavy atom. The largest absolute Gasteiger partial charge is 0.466 e. The van der Waals surface area contributed by atoms with Crippen LogP contribution < -0.4 is 4.72 Å². The van der Waals surface area contributed by atoms with Crippen molar-refractivity contribution in [3.63, 3.8) is 0 Å². The quantitative estimate of drug-likeness (QED) is 0.944. The minimum atomic E-state index is -3.53. The van der Waals surface area contributed by atoms with E-state index in [4.69, 9.17) is 16.0 Å². The summed E-state index contributed by atoms with van der Waals surface area (Å²) < 4.78 is 32.0. The highest BCUT2D eigenvalue weighted by molar-refractivity contribution is 7.89. The van der Waals surface area contributed by atoms with Crippen molar-refractivity contribution in [1.29, 1.82) is 0 Å². The van der Waals surface area contributed by atoms with E-state index < -0.39 is 10.0 Å². The van der Waals surface area contributed by atoms with Crippen LogP contribution in [0.1, 0.15) is 17.1 Å². The van der Waals surface area contributed by atoms with Crippen LogP contribution in [0.5, 0.6) is 0 Å². The lowest BCUT2D eigenvalue weighted by Gasteiger charge is -2.06. The Bertz CT molecular complexity index is 674. The molecule has 2 rings (SSSR count). The number of aryl methyl sites for hydroxylation is 2. The average molecular weight is 300 g/mol. The fourth-order valence-electron chi connectivity index (χ4n) is 1.73. The molecule has 0 aliphatic carbocycles. The van der Waals surface area contributed by atoms with Gasteiger partial charge in [0, 0.05) is 17.1 Å². The minimum absolute atomic E-state index is 0.190. The van der Waals surface area contributed by atoms with Crippen LogP contribution in [0, 0.1) is 13.8 Å². The molecule has 102 valence electrons. The number of halogens is 1. The predicted octanol–water partition coefficient (Wildman–Crippen LogP) is 3.03. The van der Waals surface area contributed by atoms with E-state index in [9.17, 15) is 8.42 Å². The van der Waals surface area contributed by atoms with Crippen LogP contribution in [0.25, 0.3) is 0 Å². The maximum atomic E-state index is 12.1. The molecule has 6 heteroatoms. The lowest BCUT2D eigenvalue weighted by atomic mass is 10.2. The van der Waals surface area contributed by atoms with Gasteiger partial charge in [-0.2, -0.15) is 0 Å². The zero-order chi connectivity index (χ0) is 14.0. The van der Waals surface area contributed by atoms with Gasteiger partial charge in [0.1, 0.15) is 11.5 Å². The van der Waals surface area contributed by atoms with E-state index in [1.165, 1.54) is 12.1 Å². The molecule has 0 aliphatic heterocycles. The number of hydrogen-bond acceptors (Lipinski definition) is 3. The monoisotopic (exact) mass is 299 g/mol. The Morgan fingerprint density at radius 3 is 2.37 bits per heavy atom. The molecular formula is C13H14ClNO3S. The first-order valence-electron chi connectivity index (χ1n) is 5.69. The SMILES string of the molecule is Cc1cc(CNS(=O)(=O)c2ccc(Cl)cc2)c(C)o1. The number of furan rings is 1. The van der Waals surface area contributed by atoms with Crippen molar-refractivity contribution in [2.75, 3.05) is 0 Å². The Balaban J connectivity index is 2.14. The second-order valence-corrected chi connectivity index (χ2v) is 6.42. The molecule has 1 N–H and O–H groups in total. The zero-order valence-corrected chi connectivity index (χ0v) is 12.2. The first-order chi connectivity index (χ1) is 8.88. The van der Waals surface area contributed by atoms with Crippen molar-refractivity contribution in [1.82, 2.24) is 4.72 Å². The molecule has 1 aromatic carbocycles. The average Bonchev–Trinajstić information content (AvgIpc) is 2.66. The van der Waals surface area contributed by atoms with Gasteiger partial charge in [0.05, 0.1) is 4.90 Å². The third-order valence-corrected chi connectivity index (χ3v) is 4.39. The molecule has 0 fully saturated rings. The normalized spacial score (nSPS) is 11.7. The molecule has 0 saturated heterocycles. The van der Waals surface area contributed by atoms with E-state index in [-0.39, 0.29) is 11.4 Å². The van der Waals surface area contributed by atoms with Gasteiger partial charge in [-0.25, -0.2) is 13.1 Å². The van der Waals surface area contributed by atoms with Crippen molar-refractivity contribution >= 4 is 21.6 Å². The standard InChI is InChI=1S/C13H14ClNO3S/c1-9-7-11(10(2)18-9)8-15-19(16,17)13-5-3-12(14)4-6-13/h3-7,15H,8H2,1-2H3. The summed E-state index contributed by atoms with van der Waals surface area (Å²) in [5, 5.41) is 0.500. The highest BCUT2D eigenvalue weighted by Crippen LogP contribution is 2.16. The molecule has 2 aromatic rings. The van der Waals surface area contributed by atoms with Crippen LogP contribution in [0.2, 0.25) is 5.02 Å². The second kappa shape index (κ2) is 5.36. The summed E-state index contributed by atoms with van der Waals surface area (Å²) in [6.07, 6.45) is 0. The second-order valence-electron chi connectivity index (χ2n) is 4.22. The smallest absolute Gasteiger partial charge is 0.240 e. The molecule has 0 unspecified atom stereocenters. The molecule has 19 heavy (non-hydrogen) atoms. The van der Waals surface area contributed by atoms with E-state index in [1.807, 2.05) is 13.0 Å². The number of benzene rings is 1. The molecule has 1 heterocycles. The topological polar surface area (TPSA) is 59.3 Å². The van der Waals surface area contributed by atoms with Crippen LogP contribution >= 0.6 is 11.6 Å². The first kappa shape index (κ1) is 14.1. The van der Waals surface area contributed by atoms with Gasteiger partial charge in [-0.15, -0.1) is 0 Å². The molecule has 0 aliphatic rings. The summed E-state index contributed by atoms with van der Waals surface area (Å²) in [6, 6.07) is 7.85. The maximum Gasteiger partial charge on any atom is 0.240 e. The molecule has 4 nitrogen and oxygen atoms in total. The Labute approximate surface area is 117 Å². The molecule has 0 radical (unpaired) electrons. The zero-order valence-electron chi connectivity index (χ0n) is 10.6. The Kier molecular flexibility index (Phi) is 3.99. The van der Waals surface area contributed by atoms with Crippen LogP contribution in [-0.2, 0) is 16.6 Å². The third-order valence-electron chi connectivity index (χ3n) is 2.72. The summed E-state index contributed by atoms with van der Waals surface area (Å²) in [6.45, 7) is 3.83. The highest BCUT2D eigenvalue weighted by Gasteiger charge is 2.15. The van der Waals surface area contributed by atoms with Crippen molar-refractivity contribution in [2.24, 2.45) is 0 Å². The number of hydrogen-bond donors (Lipinski definition) is 1. The lowest BCUT2D eigenvalue weighted by Crippen LogP contribution is -2.23. The van der Waals surface area contributed by atoms with E-state index >= 15 is 0 Å². The van der Waals surface area contributed by atoms with Gasteiger partial charge in [0.25, 0.3) is 0 Å². The van der Waals surface area contributed by atoms with Gasteiger partial charge < -0.3 is 4.42 Å². The summed E-state index contributed by atoms with van der Waals surface area (Å²) in [5.41, 5.74) is 0.829. The van der Waals surface area contributed by atoms with Crippen molar-refractivity contribution in [2.45, 2.75) is 25.3 Å². The lowest BCUT2D eigenvalue weighted by molar-refractivity contribution is 0.500. The third kappa shape index (κ3) is 3.37. The summed E-state index contributed by atoms with van der Waals surface area (Å²) in [5.74, 6) is 1.48. The number of nitrogens with one attached hydrogen (secondary N) is 1. The highest BCUT2D eigenvalue weighted by atomic mass is 35.5. The molecular weight excluding hydrogens is 286 g/mol. The maximum absolute atomic E-state index is 12.1. The van der Waals surface area contributed by atoms with Gasteiger partial charge >= 0.3 is 0 Å². The molecule has 0 saturated carbocycles. The van der Waals surface area contributed by atoms with Gasteiger partial charge in [0.2, 0.25) is 10.0 Å². The van der Waals surface area contributed by atoms with Crippen LogP contribution in [0.15, 0.2) is 39.6 Å². The van der Waals surface area contributed by atoms with Gasteiger partial charge in [-0.3, -0.25) is 0 Å². The molecule has 0 amide bonds. The van der Waals surface area contributed by atoms with Gasteiger partial charge in [-0.1, -0.05) is 11.6 Å². The summed E-state index contributed by atoms with van der Waals surface area (Å²) >= 11 is 5.73. The molecule has 1 aromatic heterocycles. The van der Waals surface area contributed by atoms with Gasteiger partial charge in [0.15, 0.2) is 0 Å². The molecule has 0 bridgehead atoms. The van der Waals surface area contributed by atoms with Crippen LogP contribution in [-0.4, -0.2) is 8.42 Å². The van der Waals surface area contributed by atoms with Crippen LogP contribution in [0.3, 0.4) is 0 Å². The Hall–Kier alpha value is -1.30. The van der Waals surface area contributed by atoms with Crippen LogP contribution in [0.4, 0.5) is 0 Å². The number of rotatable bonds is 4. The minimum Gasteiger partial charge on any atom is -0.466 e. The fraction of sp³-hybridized carbons (Fsp3) is 0.231. The Morgan fingerprint density at radius 2 is 1.84 bits per heavy atom. The van der Waals surface area contributed by atoms with E-state index in [0.29, 0.717) is 5.02 Å². The molecule has 0 atom stereocenters. The van der Waals surface area contributed by atoms with E-state index in [2.05, 4.69) is 4.72 Å². The van der Waals surface area contributed by atoms with E-state index in [0.717, 1.165) is 17.1 Å². The van der Waals surface area contributed by atoms with E-state index in [1.54, 1.807) is 19.1 Å². The predicted molar refractivity (Wildman–Crippen MR) is 73.7 cm³/mol. The number of sulfonamides is 1.